The number of carbonyl (C=O) groups excluding carboxylic acids is 4. The Bertz CT molecular complexity index is 1940. The van der Waals surface area contributed by atoms with Crippen LogP contribution in [0, 0.1) is 11.8 Å². The third-order valence-electron chi connectivity index (χ3n) is 19.6. The van der Waals surface area contributed by atoms with Crippen LogP contribution in [0.1, 0.15) is 433 Å². The van der Waals surface area contributed by atoms with Crippen molar-refractivity contribution in [3.63, 3.8) is 0 Å². The summed E-state index contributed by atoms with van der Waals surface area (Å²) in [6.07, 6.45) is 63.8. The predicted octanol–water partition coefficient (Wildman–Crippen LogP) is 24.7. The van der Waals surface area contributed by atoms with Crippen LogP contribution in [0.5, 0.6) is 0 Å². The predicted molar refractivity (Wildman–Crippen MR) is 414 cm³/mol. The zero-order valence-corrected chi connectivity index (χ0v) is 68.0. The summed E-state index contributed by atoms with van der Waals surface area (Å²) in [4.78, 5) is 73.0. The molecule has 0 aliphatic rings. The smallest absolute Gasteiger partial charge is 0.462 e. The Morgan fingerprint density at radius 3 is 0.752 bits per heavy atom. The van der Waals surface area contributed by atoms with Crippen LogP contribution >= 0.6 is 15.6 Å². The van der Waals surface area contributed by atoms with Crippen molar-refractivity contribution >= 4 is 39.5 Å². The lowest BCUT2D eigenvalue weighted by molar-refractivity contribution is -0.161. The molecule has 0 saturated heterocycles. The van der Waals surface area contributed by atoms with Gasteiger partial charge in [0.05, 0.1) is 26.4 Å². The van der Waals surface area contributed by atoms with E-state index in [0.717, 1.165) is 108 Å². The largest absolute Gasteiger partial charge is 0.472 e. The van der Waals surface area contributed by atoms with Crippen molar-refractivity contribution in [3.05, 3.63) is 0 Å². The molecule has 0 spiro atoms. The summed E-state index contributed by atoms with van der Waals surface area (Å²) in [7, 11) is -9.92. The molecule has 3 unspecified atom stereocenters. The number of ether oxygens (including phenoxy) is 4. The molecule has 0 aromatic carbocycles. The van der Waals surface area contributed by atoms with Gasteiger partial charge in [0.2, 0.25) is 0 Å². The third-order valence-corrected chi connectivity index (χ3v) is 21.5. The lowest BCUT2D eigenvalue weighted by Gasteiger charge is -2.21. The fourth-order valence-corrected chi connectivity index (χ4v) is 14.3. The van der Waals surface area contributed by atoms with Gasteiger partial charge in [-0.15, -0.1) is 0 Å². The summed E-state index contributed by atoms with van der Waals surface area (Å²) < 4.78 is 68.7. The SMILES string of the molecule is CCCCCCCCCCCCCCCCCC(=O)O[C@H](COC(=O)CCCCCCCCCC)COP(=O)(O)OC[C@H](O)COP(=O)(O)OC[C@@H](COC(=O)CCCCCCCCCCCCCCCC(C)C)OC(=O)CCCCCCCCCCCCCCCCCCCCC(C)CC. The van der Waals surface area contributed by atoms with Crippen LogP contribution in [0.3, 0.4) is 0 Å². The summed E-state index contributed by atoms with van der Waals surface area (Å²) in [6, 6.07) is 0. The number of hydrogen-bond acceptors (Lipinski definition) is 15. The van der Waals surface area contributed by atoms with Gasteiger partial charge in [0.15, 0.2) is 12.2 Å². The minimum Gasteiger partial charge on any atom is -0.462 e. The highest BCUT2D eigenvalue weighted by Gasteiger charge is 2.30. The molecule has 3 N–H and O–H groups in total. The Balaban J connectivity index is 5.18. The molecule has 600 valence electrons. The van der Waals surface area contributed by atoms with Gasteiger partial charge in [-0.25, -0.2) is 9.13 Å². The molecule has 0 radical (unpaired) electrons. The molecule has 0 aromatic heterocycles. The van der Waals surface area contributed by atoms with E-state index < -0.39 is 97.5 Å². The van der Waals surface area contributed by atoms with Crippen molar-refractivity contribution in [3.8, 4) is 0 Å². The maximum Gasteiger partial charge on any atom is 0.472 e. The molecule has 0 amide bonds. The first-order valence-electron chi connectivity index (χ1n) is 42.5. The minimum absolute atomic E-state index is 0.108. The highest BCUT2D eigenvalue weighted by molar-refractivity contribution is 7.47. The van der Waals surface area contributed by atoms with Crippen LogP contribution in [-0.4, -0.2) is 96.7 Å². The average Bonchev–Trinajstić information content (AvgIpc) is 0.934. The van der Waals surface area contributed by atoms with Crippen molar-refractivity contribution in [1.82, 2.24) is 0 Å². The second-order valence-corrected chi connectivity index (χ2v) is 33.1. The van der Waals surface area contributed by atoms with Crippen LogP contribution in [0.25, 0.3) is 0 Å². The monoisotopic (exact) mass is 1480 g/mol. The summed E-state index contributed by atoms with van der Waals surface area (Å²) in [5.41, 5.74) is 0. The van der Waals surface area contributed by atoms with E-state index in [4.69, 9.17) is 37.0 Å². The number of aliphatic hydroxyl groups is 1. The molecule has 0 heterocycles. The fourth-order valence-electron chi connectivity index (χ4n) is 12.7. The van der Waals surface area contributed by atoms with E-state index >= 15 is 0 Å². The summed E-state index contributed by atoms with van der Waals surface area (Å²) in [6.45, 7) is 9.70. The molecule has 0 fully saturated rings. The molecule has 19 heteroatoms. The van der Waals surface area contributed by atoms with E-state index in [1.54, 1.807) is 0 Å². The van der Waals surface area contributed by atoms with Gasteiger partial charge < -0.3 is 33.8 Å². The van der Waals surface area contributed by atoms with Crippen molar-refractivity contribution in [1.29, 1.82) is 0 Å². The van der Waals surface area contributed by atoms with Crippen LogP contribution < -0.4 is 0 Å². The first-order valence-corrected chi connectivity index (χ1v) is 45.5. The summed E-state index contributed by atoms with van der Waals surface area (Å²) in [5, 5.41) is 10.6. The van der Waals surface area contributed by atoms with Crippen molar-refractivity contribution in [2.75, 3.05) is 39.6 Å². The quantitative estimate of drug-likeness (QED) is 0.0222. The Hall–Kier alpha value is -1.94. The lowest BCUT2D eigenvalue weighted by Crippen LogP contribution is -2.30. The van der Waals surface area contributed by atoms with E-state index in [1.807, 2.05) is 0 Å². The average molecular weight is 1480 g/mol. The molecule has 0 aliphatic heterocycles. The van der Waals surface area contributed by atoms with Crippen molar-refractivity contribution in [2.24, 2.45) is 11.8 Å². The fraction of sp³-hybridized carbons (Fsp3) is 0.951. The molecule has 0 aromatic rings. The minimum atomic E-state index is -4.96. The van der Waals surface area contributed by atoms with E-state index in [2.05, 4.69) is 41.5 Å². The van der Waals surface area contributed by atoms with Crippen molar-refractivity contribution < 1.29 is 80.2 Å². The normalized spacial score (nSPS) is 14.2. The van der Waals surface area contributed by atoms with Gasteiger partial charge in [-0.1, -0.05) is 382 Å². The maximum absolute atomic E-state index is 13.1. The number of esters is 4. The van der Waals surface area contributed by atoms with E-state index in [0.29, 0.717) is 25.7 Å². The molecule has 6 atom stereocenters. The summed E-state index contributed by atoms with van der Waals surface area (Å²) >= 11 is 0. The maximum atomic E-state index is 13.1. The topological polar surface area (TPSA) is 237 Å². The van der Waals surface area contributed by atoms with Crippen molar-refractivity contribution in [2.45, 2.75) is 452 Å². The highest BCUT2D eigenvalue weighted by Crippen LogP contribution is 2.45. The van der Waals surface area contributed by atoms with Gasteiger partial charge >= 0.3 is 39.5 Å². The Morgan fingerprint density at radius 1 is 0.287 bits per heavy atom. The first-order chi connectivity index (χ1) is 48.9. The van der Waals surface area contributed by atoms with Gasteiger partial charge in [-0.05, 0) is 37.5 Å². The Labute approximate surface area is 619 Å². The van der Waals surface area contributed by atoms with Crippen LogP contribution in [0.2, 0.25) is 0 Å². The standard InChI is InChI=1S/C82H160O17P2/c1-7-10-12-14-16-18-19-20-25-31-37-42-48-54-60-66-81(86)98-77(70-92-79(84)64-58-52-46-17-15-13-11-8-2)72-96-100(88,89)94-68-76(83)69-95-101(90,91)97-73-78(71-93-80(85)65-59-53-47-41-36-33-28-29-34-39-44-50-56-62-74(4)5)99-82(87)67-61-55-49-43-38-32-27-24-22-21-23-26-30-35-40-45-51-57-63-75(6)9-3/h74-78,83H,7-73H2,1-6H3,(H,88,89)(H,90,91)/t75?,76-,77+,78+/m0/s1. The number of unbranched alkanes of at least 4 members (excludes halogenated alkanes) is 50. The van der Waals surface area contributed by atoms with E-state index in [-0.39, 0.29) is 25.7 Å². The number of phosphoric ester groups is 2. The molecule has 17 nitrogen and oxygen atoms in total. The number of carbonyl (C=O) groups is 4. The number of rotatable bonds is 81. The van der Waals surface area contributed by atoms with Gasteiger partial charge in [-0.2, -0.15) is 0 Å². The molecule has 101 heavy (non-hydrogen) atoms. The zero-order chi connectivity index (χ0) is 74.2. The second kappa shape index (κ2) is 73.6. The summed E-state index contributed by atoms with van der Waals surface area (Å²) in [5.74, 6) is -0.447. The van der Waals surface area contributed by atoms with E-state index in [9.17, 15) is 43.2 Å². The number of phosphoric acid groups is 2. The molecular weight excluding hydrogens is 1320 g/mol. The molecule has 0 saturated carbocycles. The molecular formula is C82H160O17P2. The third kappa shape index (κ3) is 74.7. The van der Waals surface area contributed by atoms with Gasteiger partial charge in [0.25, 0.3) is 0 Å². The van der Waals surface area contributed by atoms with E-state index in [1.165, 1.54) is 244 Å². The number of aliphatic hydroxyl groups excluding tert-OH is 1. The number of hydrogen-bond donors (Lipinski definition) is 3. The molecule has 0 bridgehead atoms. The zero-order valence-electron chi connectivity index (χ0n) is 66.2. The van der Waals surface area contributed by atoms with Gasteiger partial charge in [0, 0.05) is 25.7 Å². The van der Waals surface area contributed by atoms with Crippen LogP contribution in [-0.2, 0) is 65.4 Å². The second-order valence-electron chi connectivity index (χ2n) is 30.2. The first kappa shape index (κ1) is 99.1. The highest BCUT2D eigenvalue weighted by atomic mass is 31.2. The van der Waals surface area contributed by atoms with Gasteiger partial charge in [0.1, 0.15) is 19.3 Å². The van der Waals surface area contributed by atoms with Crippen LogP contribution in [0.15, 0.2) is 0 Å². The molecule has 0 aliphatic carbocycles. The van der Waals surface area contributed by atoms with Gasteiger partial charge in [-0.3, -0.25) is 37.3 Å². The lowest BCUT2D eigenvalue weighted by atomic mass is 9.99. The molecule has 0 rings (SSSR count). The Morgan fingerprint density at radius 2 is 0.505 bits per heavy atom. The van der Waals surface area contributed by atoms with Crippen LogP contribution in [0.4, 0.5) is 0 Å². The Kier molecular flexibility index (Phi) is 72.2.